The Balaban J connectivity index is 1.86. The van der Waals surface area contributed by atoms with Crippen LogP contribution in [0.1, 0.15) is 30.4 Å². The number of carbonyl (C=O) groups is 1. The number of benzene rings is 2. The normalized spacial score (nSPS) is 13.4. The molecule has 116 valence electrons. The predicted molar refractivity (Wildman–Crippen MR) is 90.6 cm³/mol. The molecule has 1 amide bonds. The maximum absolute atomic E-state index is 12.2. The van der Waals surface area contributed by atoms with Gasteiger partial charge in [-0.15, -0.1) is 0 Å². The van der Waals surface area contributed by atoms with Gasteiger partial charge in [-0.3, -0.25) is 4.79 Å². The molecule has 0 radical (unpaired) electrons. The van der Waals surface area contributed by atoms with Crippen LogP contribution in [0, 0.1) is 0 Å². The topological polar surface area (TPSA) is 55.1 Å². The molecule has 0 heterocycles. The van der Waals surface area contributed by atoms with Gasteiger partial charge >= 0.3 is 0 Å². The molecule has 3 N–H and O–H groups in total. The number of hydrogen-bond acceptors (Lipinski definition) is 2. The van der Waals surface area contributed by atoms with Crippen LogP contribution >= 0.6 is 0 Å². The Bertz CT molecular complexity index is 569. The Hall–Kier alpha value is -2.13. The lowest BCUT2D eigenvalue weighted by Crippen LogP contribution is -2.43. The number of amides is 1. The lowest BCUT2D eigenvalue weighted by molar-refractivity contribution is -0.122. The van der Waals surface area contributed by atoms with Gasteiger partial charge in [-0.05, 0) is 24.0 Å². The van der Waals surface area contributed by atoms with Crippen molar-refractivity contribution >= 4 is 5.91 Å². The summed E-state index contributed by atoms with van der Waals surface area (Å²) in [6.45, 7) is 2.76. The summed E-state index contributed by atoms with van der Waals surface area (Å²) in [5, 5.41) is 2.99. The van der Waals surface area contributed by atoms with Crippen LogP contribution in [0.5, 0.6) is 0 Å². The number of rotatable bonds is 7. The summed E-state index contributed by atoms with van der Waals surface area (Å²) in [7, 11) is 0. The van der Waals surface area contributed by atoms with Gasteiger partial charge in [0, 0.05) is 12.5 Å². The van der Waals surface area contributed by atoms with Gasteiger partial charge in [0.1, 0.15) is 0 Å². The van der Waals surface area contributed by atoms with E-state index >= 15 is 0 Å². The van der Waals surface area contributed by atoms with E-state index in [0.29, 0.717) is 18.9 Å². The maximum atomic E-state index is 12.2. The molecule has 0 spiro atoms. The van der Waals surface area contributed by atoms with Crippen LogP contribution in [0.25, 0.3) is 0 Å². The van der Waals surface area contributed by atoms with E-state index in [2.05, 4.69) is 24.4 Å². The first kappa shape index (κ1) is 16.2. The monoisotopic (exact) mass is 296 g/mol. The van der Waals surface area contributed by atoms with Crippen molar-refractivity contribution in [3.63, 3.8) is 0 Å². The second-order valence-electron chi connectivity index (χ2n) is 5.56. The van der Waals surface area contributed by atoms with Crippen LogP contribution in [0.15, 0.2) is 60.7 Å². The van der Waals surface area contributed by atoms with Gasteiger partial charge in [0.2, 0.25) is 5.91 Å². The third-order valence-electron chi connectivity index (χ3n) is 3.92. The van der Waals surface area contributed by atoms with Crippen LogP contribution in [0.2, 0.25) is 0 Å². The van der Waals surface area contributed by atoms with Crippen molar-refractivity contribution in [1.29, 1.82) is 0 Å². The minimum absolute atomic E-state index is 0.0850. The zero-order chi connectivity index (χ0) is 15.8. The molecule has 0 bridgehead atoms. The van der Waals surface area contributed by atoms with E-state index in [1.54, 1.807) is 0 Å². The van der Waals surface area contributed by atoms with Crippen LogP contribution < -0.4 is 11.1 Å². The van der Waals surface area contributed by atoms with Crippen molar-refractivity contribution in [2.75, 3.05) is 6.54 Å². The quantitative estimate of drug-likeness (QED) is 0.825. The van der Waals surface area contributed by atoms with Crippen molar-refractivity contribution in [2.45, 2.75) is 31.7 Å². The predicted octanol–water partition coefficient (Wildman–Crippen LogP) is 2.87. The molecule has 0 saturated heterocycles. The fourth-order valence-corrected chi connectivity index (χ4v) is 2.54. The molecular weight excluding hydrogens is 272 g/mol. The number of hydrogen-bond donors (Lipinski definition) is 2. The minimum Gasteiger partial charge on any atom is -0.354 e. The van der Waals surface area contributed by atoms with E-state index in [9.17, 15) is 4.79 Å². The third kappa shape index (κ3) is 4.71. The molecule has 0 aliphatic heterocycles. The van der Waals surface area contributed by atoms with Crippen LogP contribution in [0.4, 0.5) is 0 Å². The summed E-state index contributed by atoms with van der Waals surface area (Å²) in [6, 6.07) is 19.6. The Morgan fingerprint density at radius 1 is 1.05 bits per heavy atom. The van der Waals surface area contributed by atoms with E-state index in [-0.39, 0.29) is 5.91 Å². The van der Waals surface area contributed by atoms with Gasteiger partial charge in [0.05, 0.1) is 6.04 Å². The molecule has 0 aromatic heterocycles. The molecule has 2 rings (SSSR count). The van der Waals surface area contributed by atoms with Crippen molar-refractivity contribution in [2.24, 2.45) is 5.73 Å². The second kappa shape index (κ2) is 8.35. The fraction of sp³-hybridized carbons (Fsp3) is 0.316. The number of nitrogens with one attached hydrogen (secondary N) is 1. The Labute approximate surface area is 132 Å². The first-order valence-electron chi connectivity index (χ1n) is 7.83. The average Bonchev–Trinajstić information content (AvgIpc) is 2.57. The third-order valence-corrected chi connectivity index (χ3v) is 3.92. The van der Waals surface area contributed by atoms with Crippen molar-refractivity contribution in [3.8, 4) is 0 Å². The Morgan fingerprint density at radius 2 is 1.64 bits per heavy atom. The summed E-state index contributed by atoms with van der Waals surface area (Å²) in [5.74, 6) is 0.243. The lowest BCUT2D eigenvalue weighted by Gasteiger charge is -2.18. The molecule has 0 aliphatic carbocycles. The van der Waals surface area contributed by atoms with Crippen molar-refractivity contribution in [3.05, 3.63) is 71.8 Å². The minimum atomic E-state index is -0.504. The highest BCUT2D eigenvalue weighted by Crippen LogP contribution is 2.17. The Kier molecular flexibility index (Phi) is 6.16. The van der Waals surface area contributed by atoms with Crippen LogP contribution in [-0.4, -0.2) is 18.5 Å². The molecule has 0 aliphatic rings. The molecule has 2 unspecified atom stereocenters. The zero-order valence-electron chi connectivity index (χ0n) is 13.0. The summed E-state index contributed by atoms with van der Waals surface area (Å²) >= 11 is 0. The zero-order valence-corrected chi connectivity index (χ0v) is 13.0. The van der Waals surface area contributed by atoms with Crippen molar-refractivity contribution < 1.29 is 4.79 Å². The van der Waals surface area contributed by atoms with Gasteiger partial charge in [0.25, 0.3) is 0 Å². The molecule has 2 atom stereocenters. The molecule has 2 aromatic rings. The van der Waals surface area contributed by atoms with Gasteiger partial charge in [0.15, 0.2) is 0 Å². The highest BCUT2D eigenvalue weighted by atomic mass is 16.2. The van der Waals surface area contributed by atoms with Gasteiger partial charge in [-0.2, -0.15) is 0 Å². The SMILES string of the molecule is CCC(CNC(=O)C(N)Cc1ccccc1)c1ccccc1. The average molecular weight is 296 g/mol. The highest BCUT2D eigenvalue weighted by Gasteiger charge is 2.16. The Morgan fingerprint density at radius 3 is 2.23 bits per heavy atom. The molecule has 22 heavy (non-hydrogen) atoms. The van der Waals surface area contributed by atoms with Crippen LogP contribution in [-0.2, 0) is 11.2 Å². The maximum Gasteiger partial charge on any atom is 0.237 e. The summed E-state index contributed by atoms with van der Waals surface area (Å²) in [6.07, 6.45) is 1.55. The number of nitrogens with two attached hydrogens (primary N) is 1. The van der Waals surface area contributed by atoms with Crippen LogP contribution in [0.3, 0.4) is 0 Å². The molecule has 3 nitrogen and oxygen atoms in total. The first-order chi connectivity index (χ1) is 10.7. The van der Waals surface area contributed by atoms with Gasteiger partial charge in [-0.25, -0.2) is 0 Å². The van der Waals surface area contributed by atoms with E-state index in [4.69, 9.17) is 5.73 Å². The fourth-order valence-electron chi connectivity index (χ4n) is 2.54. The highest BCUT2D eigenvalue weighted by molar-refractivity contribution is 5.81. The molecule has 0 fully saturated rings. The lowest BCUT2D eigenvalue weighted by atomic mass is 9.96. The van der Waals surface area contributed by atoms with E-state index < -0.39 is 6.04 Å². The molecule has 2 aromatic carbocycles. The van der Waals surface area contributed by atoms with E-state index in [0.717, 1.165) is 12.0 Å². The molecular formula is C19H24N2O. The van der Waals surface area contributed by atoms with Gasteiger partial charge < -0.3 is 11.1 Å². The van der Waals surface area contributed by atoms with Gasteiger partial charge in [-0.1, -0.05) is 67.6 Å². The van der Waals surface area contributed by atoms with Crippen molar-refractivity contribution in [1.82, 2.24) is 5.32 Å². The number of carbonyl (C=O) groups excluding carboxylic acids is 1. The summed E-state index contributed by atoms with van der Waals surface area (Å²) < 4.78 is 0. The smallest absolute Gasteiger partial charge is 0.237 e. The van der Waals surface area contributed by atoms with E-state index in [1.165, 1.54) is 5.56 Å². The second-order valence-corrected chi connectivity index (χ2v) is 5.56. The van der Waals surface area contributed by atoms with E-state index in [1.807, 2.05) is 48.5 Å². The summed E-state index contributed by atoms with van der Waals surface area (Å²) in [4.78, 5) is 12.2. The first-order valence-corrected chi connectivity index (χ1v) is 7.83. The standard InChI is InChI=1S/C19H24N2O/c1-2-16(17-11-7-4-8-12-17)14-21-19(22)18(20)13-15-9-5-3-6-10-15/h3-12,16,18H,2,13-14,20H2,1H3,(H,21,22). The molecule has 0 saturated carbocycles. The molecule has 3 heteroatoms. The summed E-state index contributed by atoms with van der Waals surface area (Å²) in [5.41, 5.74) is 8.34. The largest absolute Gasteiger partial charge is 0.354 e.